The molecule has 0 spiro atoms. The summed E-state index contributed by atoms with van der Waals surface area (Å²) in [5.74, 6) is -0.651. The number of nitrogens with zero attached hydrogens (tertiary/aromatic N) is 2. The molecule has 8 heteroatoms. The van der Waals surface area contributed by atoms with Gasteiger partial charge >= 0.3 is 5.97 Å². The van der Waals surface area contributed by atoms with Gasteiger partial charge in [0.25, 0.3) is 11.6 Å². The predicted octanol–water partition coefficient (Wildman–Crippen LogP) is 3.19. The summed E-state index contributed by atoms with van der Waals surface area (Å²) in [6.07, 6.45) is 4.41. The Labute approximate surface area is 150 Å². The van der Waals surface area contributed by atoms with Crippen molar-refractivity contribution in [2.45, 2.75) is 44.2 Å². The molecule has 134 valence electrons. The molecule has 2 aliphatic rings. The number of non-ortho nitro benzene ring substituents is 1. The van der Waals surface area contributed by atoms with E-state index >= 15 is 0 Å². The van der Waals surface area contributed by atoms with Gasteiger partial charge in [-0.2, -0.15) is 0 Å². The van der Waals surface area contributed by atoms with E-state index in [0.29, 0.717) is 6.42 Å². The van der Waals surface area contributed by atoms with E-state index in [1.807, 2.05) is 0 Å². The van der Waals surface area contributed by atoms with Crippen LogP contribution in [0, 0.1) is 16.0 Å². The molecule has 3 unspecified atom stereocenters. The lowest BCUT2D eigenvalue weighted by molar-refractivity contribution is -0.384. The van der Waals surface area contributed by atoms with Gasteiger partial charge in [0, 0.05) is 18.2 Å². The highest BCUT2D eigenvalue weighted by Gasteiger charge is 2.48. The Morgan fingerprint density at radius 3 is 2.72 bits per heavy atom. The highest BCUT2D eigenvalue weighted by atomic mass is 35.5. The first-order chi connectivity index (χ1) is 11.9. The fourth-order valence-electron chi connectivity index (χ4n) is 4.03. The number of rotatable bonds is 3. The number of halogens is 1. The van der Waals surface area contributed by atoms with Crippen molar-refractivity contribution < 1.29 is 19.2 Å². The number of methoxy groups -OCH3 is 1. The Morgan fingerprint density at radius 1 is 1.32 bits per heavy atom. The maximum Gasteiger partial charge on any atom is 0.328 e. The van der Waals surface area contributed by atoms with Crippen LogP contribution < -0.4 is 0 Å². The highest BCUT2D eigenvalue weighted by molar-refractivity contribution is 6.34. The molecule has 1 aliphatic heterocycles. The number of fused-ring (bicyclic) bond motifs is 1. The largest absolute Gasteiger partial charge is 0.467 e. The van der Waals surface area contributed by atoms with Crippen LogP contribution in [-0.4, -0.2) is 40.9 Å². The third-order valence-electron chi connectivity index (χ3n) is 5.19. The molecule has 1 heterocycles. The Hall–Kier alpha value is -2.15. The number of hydrogen-bond acceptors (Lipinski definition) is 5. The molecule has 1 amide bonds. The lowest BCUT2D eigenvalue weighted by Gasteiger charge is -2.33. The summed E-state index contributed by atoms with van der Waals surface area (Å²) in [4.78, 5) is 37.3. The molecule has 3 atom stereocenters. The number of nitro benzene ring substituents is 1. The topological polar surface area (TPSA) is 89.8 Å². The third-order valence-corrected chi connectivity index (χ3v) is 5.52. The standard InChI is InChI=1S/C17H19ClN2O5/c1-25-17(22)15-8-10-4-2-3-5-14(10)19(15)16(21)12-9-11(20(23)24)6-7-13(12)18/h6-7,9-10,14-15H,2-5,8H2,1H3. The van der Waals surface area contributed by atoms with Crippen LogP contribution in [0.15, 0.2) is 18.2 Å². The molecule has 2 fully saturated rings. The number of hydrogen-bond donors (Lipinski definition) is 0. The van der Waals surface area contributed by atoms with E-state index in [0.717, 1.165) is 25.7 Å². The van der Waals surface area contributed by atoms with Crippen LogP contribution in [0.25, 0.3) is 0 Å². The highest BCUT2D eigenvalue weighted by Crippen LogP contribution is 2.41. The van der Waals surface area contributed by atoms with Gasteiger partial charge in [0.05, 0.1) is 22.6 Å². The maximum atomic E-state index is 13.1. The minimum absolute atomic E-state index is 0.0518. The molecule has 0 aromatic heterocycles. The second kappa shape index (κ2) is 7.00. The molecule has 1 aromatic carbocycles. The van der Waals surface area contributed by atoms with Gasteiger partial charge < -0.3 is 9.64 Å². The van der Waals surface area contributed by atoms with Gasteiger partial charge in [0.15, 0.2) is 0 Å². The minimum Gasteiger partial charge on any atom is -0.467 e. The van der Waals surface area contributed by atoms with Crippen molar-refractivity contribution in [2.75, 3.05) is 7.11 Å². The summed E-state index contributed by atoms with van der Waals surface area (Å²) >= 11 is 6.12. The van der Waals surface area contributed by atoms with Crippen LogP contribution in [0.4, 0.5) is 5.69 Å². The zero-order valence-electron chi connectivity index (χ0n) is 13.8. The fraction of sp³-hybridized carbons (Fsp3) is 0.529. The number of carbonyl (C=O) groups is 2. The van der Waals surface area contributed by atoms with E-state index in [4.69, 9.17) is 16.3 Å². The van der Waals surface area contributed by atoms with Gasteiger partial charge in [-0.15, -0.1) is 0 Å². The Bertz CT molecular complexity index is 723. The van der Waals surface area contributed by atoms with Crippen molar-refractivity contribution in [3.63, 3.8) is 0 Å². The van der Waals surface area contributed by atoms with Gasteiger partial charge in [0.1, 0.15) is 6.04 Å². The normalized spacial score (nSPS) is 25.4. The Kier molecular flexibility index (Phi) is 4.94. The lowest BCUT2D eigenvalue weighted by Crippen LogP contribution is -2.46. The molecule has 1 saturated carbocycles. The summed E-state index contributed by atoms with van der Waals surface area (Å²) in [5.41, 5.74) is -0.155. The molecule has 0 radical (unpaired) electrons. The van der Waals surface area contributed by atoms with E-state index in [1.54, 1.807) is 4.90 Å². The molecule has 3 rings (SSSR count). The number of amides is 1. The van der Waals surface area contributed by atoms with Crippen molar-refractivity contribution in [3.8, 4) is 0 Å². The van der Waals surface area contributed by atoms with Crippen LogP contribution in [-0.2, 0) is 9.53 Å². The van der Waals surface area contributed by atoms with E-state index < -0.39 is 22.8 Å². The molecule has 0 bridgehead atoms. The van der Waals surface area contributed by atoms with E-state index in [1.165, 1.54) is 25.3 Å². The summed E-state index contributed by atoms with van der Waals surface area (Å²) in [6.45, 7) is 0. The van der Waals surface area contributed by atoms with Crippen LogP contribution in [0.3, 0.4) is 0 Å². The van der Waals surface area contributed by atoms with E-state index in [2.05, 4.69) is 0 Å². The molecule has 25 heavy (non-hydrogen) atoms. The molecular weight excluding hydrogens is 348 g/mol. The van der Waals surface area contributed by atoms with E-state index in [-0.39, 0.29) is 28.2 Å². The summed E-state index contributed by atoms with van der Waals surface area (Å²) in [6, 6.07) is 3.05. The molecule has 7 nitrogen and oxygen atoms in total. The first-order valence-electron chi connectivity index (χ1n) is 8.28. The summed E-state index contributed by atoms with van der Waals surface area (Å²) < 4.78 is 4.87. The molecule has 1 aliphatic carbocycles. The summed E-state index contributed by atoms with van der Waals surface area (Å²) in [7, 11) is 1.30. The number of esters is 1. The SMILES string of the molecule is COC(=O)C1CC2CCCCC2N1C(=O)c1cc([N+](=O)[O-])ccc1Cl. The van der Waals surface area contributed by atoms with Gasteiger partial charge in [0.2, 0.25) is 0 Å². The first kappa shape index (κ1) is 17.7. The quantitative estimate of drug-likeness (QED) is 0.465. The number of ether oxygens (including phenoxy) is 1. The van der Waals surface area contributed by atoms with Crippen molar-refractivity contribution in [1.82, 2.24) is 4.90 Å². The van der Waals surface area contributed by atoms with Gasteiger partial charge in [-0.05, 0) is 31.2 Å². The average Bonchev–Trinajstić information content (AvgIpc) is 3.00. The monoisotopic (exact) mass is 366 g/mol. The van der Waals surface area contributed by atoms with Crippen molar-refractivity contribution in [2.24, 2.45) is 5.92 Å². The number of benzene rings is 1. The zero-order chi connectivity index (χ0) is 18.1. The number of likely N-dealkylation sites (tertiary alicyclic amines) is 1. The second-order valence-electron chi connectivity index (χ2n) is 6.52. The van der Waals surface area contributed by atoms with Crippen molar-refractivity contribution in [3.05, 3.63) is 38.9 Å². The van der Waals surface area contributed by atoms with Crippen LogP contribution in [0.5, 0.6) is 0 Å². The lowest BCUT2D eigenvalue weighted by atomic mass is 9.84. The Balaban J connectivity index is 1.99. The first-order valence-corrected chi connectivity index (χ1v) is 8.66. The van der Waals surface area contributed by atoms with E-state index in [9.17, 15) is 19.7 Å². The van der Waals surface area contributed by atoms with Crippen molar-refractivity contribution >= 4 is 29.2 Å². The smallest absolute Gasteiger partial charge is 0.328 e. The van der Waals surface area contributed by atoms with Crippen LogP contribution >= 0.6 is 11.6 Å². The van der Waals surface area contributed by atoms with Gasteiger partial charge in [-0.3, -0.25) is 14.9 Å². The maximum absolute atomic E-state index is 13.1. The number of carbonyl (C=O) groups excluding carboxylic acids is 2. The van der Waals surface area contributed by atoms with Gasteiger partial charge in [-0.25, -0.2) is 4.79 Å². The molecule has 1 aromatic rings. The predicted molar refractivity (Wildman–Crippen MR) is 90.4 cm³/mol. The third kappa shape index (κ3) is 3.20. The molecule has 0 N–H and O–H groups in total. The van der Waals surface area contributed by atoms with Crippen molar-refractivity contribution in [1.29, 1.82) is 0 Å². The molecular formula is C17H19ClN2O5. The molecule has 1 saturated heterocycles. The van der Waals surface area contributed by atoms with Crippen LogP contribution in [0.2, 0.25) is 5.02 Å². The zero-order valence-corrected chi connectivity index (χ0v) is 14.6. The minimum atomic E-state index is -0.666. The van der Waals surface area contributed by atoms with Crippen LogP contribution in [0.1, 0.15) is 42.5 Å². The Morgan fingerprint density at radius 2 is 2.04 bits per heavy atom. The second-order valence-corrected chi connectivity index (χ2v) is 6.93. The number of nitro groups is 1. The summed E-state index contributed by atoms with van der Waals surface area (Å²) in [5, 5.41) is 11.2. The fourth-order valence-corrected chi connectivity index (χ4v) is 4.23. The average molecular weight is 367 g/mol. The van der Waals surface area contributed by atoms with Gasteiger partial charge in [-0.1, -0.05) is 24.4 Å².